The summed E-state index contributed by atoms with van der Waals surface area (Å²) in [5.41, 5.74) is 0.404. The highest BCUT2D eigenvalue weighted by Gasteiger charge is 2.14. The van der Waals surface area contributed by atoms with Crippen LogP contribution >= 0.6 is 15.9 Å². The van der Waals surface area contributed by atoms with Gasteiger partial charge < -0.3 is 4.98 Å². The lowest BCUT2D eigenvalue weighted by molar-refractivity contribution is -0.386. The van der Waals surface area contributed by atoms with Gasteiger partial charge in [-0.2, -0.15) is 0 Å². The van der Waals surface area contributed by atoms with E-state index >= 15 is 0 Å². The Morgan fingerprint density at radius 3 is 2.89 bits per heavy atom. The zero-order valence-corrected chi connectivity index (χ0v) is 10.8. The Labute approximate surface area is 110 Å². The maximum absolute atomic E-state index is 11.9. The first-order chi connectivity index (χ1) is 8.63. The van der Waals surface area contributed by atoms with Gasteiger partial charge in [-0.1, -0.05) is 34.1 Å². The Bertz CT molecular complexity index is 691. The number of allylic oxidation sites excluding steroid dienone is 1. The molecule has 2 rings (SSSR count). The molecule has 1 aromatic carbocycles. The van der Waals surface area contributed by atoms with Gasteiger partial charge in [0.15, 0.2) is 0 Å². The van der Waals surface area contributed by atoms with Crippen LogP contribution in [0.1, 0.15) is 5.56 Å². The summed E-state index contributed by atoms with van der Waals surface area (Å²) in [5.74, 6) is 0. The van der Waals surface area contributed by atoms with Crippen molar-refractivity contribution in [3.63, 3.8) is 0 Å². The summed E-state index contributed by atoms with van der Waals surface area (Å²) in [6.45, 7) is 0. The minimum atomic E-state index is -0.681. The molecule has 0 fully saturated rings. The fourth-order valence-corrected chi connectivity index (χ4v) is 1.83. The van der Waals surface area contributed by atoms with Gasteiger partial charge in [0, 0.05) is 10.8 Å². The first kappa shape index (κ1) is 12.5. The molecular weight excluding hydrogens is 300 g/mol. The fourth-order valence-electron chi connectivity index (χ4n) is 1.65. The van der Waals surface area contributed by atoms with Gasteiger partial charge in [0.1, 0.15) is 0 Å². The number of nitro groups is 1. The largest absolute Gasteiger partial charge is 0.355 e. The molecule has 92 valence electrons. The molecule has 0 aliphatic carbocycles. The van der Waals surface area contributed by atoms with Crippen molar-refractivity contribution < 1.29 is 4.92 Å². The quantitative estimate of drug-likeness (QED) is 0.538. The van der Waals surface area contributed by atoms with Crippen molar-refractivity contribution in [1.82, 2.24) is 4.98 Å². The van der Waals surface area contributed by atoms with Crippen LogP contribution in [0.4, 0.5) is 5.69 Å². The van der Waals surface area contributed by atoms with Crippen molar-refractivity contribution in [2.75, 3.05) is 5.33 Å². The van der Waals surface area contributed by atoms with Crippen LogP contribution in [-0.4, -0.2) is 15.2 Å². The van der Waals surface area contributed by atoms with Crippen LogP contribution in [0.3, 0.4) is 0 Å². The van der Waals surface area contributed by atoms with Crippen molar-refractivity contribution in [1.29, 1.82) is 0 Å². The second kappa shape index (κ2) is 5.14. The third kappa shape index (κ3) is 2.33. The van der Waals surface area contributed by atoms with Gasteiger partial charge in [-0.3, -0.25) is 14.9 Å². The van der Waals surface area contributed by atoms with E-state index in [-0.39, 0.29) is 0 Å². The van der Waals surface area contributed by atoms with Crippen molar-refractivity contribution in [2.45, 2.75) is 0 Å². The van der Waals surface area contributed by atoms with Gasteiger partial charge in [-0.05, 0) is 17.7 Å². The second-order valence-corrected chi connectivity index (χ2v) is 4.27. The number of H-pyrrole nitrogens is 1. The van der Waals surface area contributed by atoms with E-state index in [4.69, 9.17) is 0 Å². The number of benzene rings is 1. The molecule has 0 amide bonds. The van der Waals surface area contributed by atoms with Crippen LogP contribution in [0.25, 0.3) is 17.0 Å². The van der Waals surface area contributed by atoms with E-state index < -0.39 is 16.0 Å². The maximum atomic E-state index is 11.9. The number of pyridine rings is 1. The fraction of sp³-hybridized carbons (Fsp3) is 0.0833. The summed E-state index contributed by atoms with van der Waals surface area (Å²) >= 11 is 3.26. The van der Waals surface area contributed by atoms with E-state index in [1.807, 2.05) is 18.2 Å². The van der Waals surface area contributed by atoms with Gasteiger partial charge in [0.2, 0.25) is 0 Å². The molecule has 0 saturated carbocycles. The molecule has 0 aliphatic heterocycles. The van der Waals surface area contributed by atoms with Crippen LogP contribution in [0.15, 0.2) is 35.3 Å². The van der Waals surface area contributed by atoms with E-state index in [1.165, 1.54) is 0 Å². The summed E-state index contributed by atoms with van der Waals surface area (Å²) in [4.78, 5) is 24.7. The summed E-state index contributed by atoms with van der Waals surface area (Å²) in [5, 5.41) is 11.7. The number of alkyl halides is 1. The molecule has 0 aliphatic rings. The number of nitrogens with one attached hydrogen (secondary N) is 1. The molecule has 1 aromatic heterocycles. The lowest BCUT2D eigenvalue weighted by Gasteiger charge is -1.99. The number of nitrogens with zero attached hydrogens (tertiary/aromatic N) is 1. The molecule has 0 bridgehead atoms. The highest BCUT2D eigenvalue weighted by molar-refractivity contribution is 9.09. The number of hydrogen-bond acceptors (Lipinski definition) is 3. The van der Waals surface area contributed by atoms with Crippen LogP contribution in [0, 0.1) is 10.1 Å². The molecule has 0 radical (unpaired) electrons. The van der Waals surface area contributed by atoms with Crippen LogP contribution in [0.2, 0.25) is 0 Å². The average Bonchev–Trinajstić information content (AvgIpc) is 2.36. The van der Waals surface area contributed by atoms with Crippen LogP contribution in [-0.2, 0) is 0 Å². The number of aromatic nitrogens is 1. The topological polar surface area (TPSA) is 76.0 Å². The molecule has 0 atom stereocenters. The van der Waals surface area contributed by atoms with Crippen molar-refractivity contribution in [3.8, 4) is 0 Å². The number of fused-ring (bicyclic) bond motifs is 1. The molecule has 2 aromatic rings. The summed E-state index contributed by atoms with van der Waals surface area (Å²) in [7, 11) is 0. The van der Waals surface area contributed by atoms with Gasteiger partial charge >= 0.3 is 5.69 Å². The van der Waals surface area contributed by atoms with E-state index in [9.17, 15) is 14.9 Å². The smallest absolute Gasteiger partial charge is 0.332 e. The van der Waals surface area contributed by atoms with E-state index in [0.717, 1.165) is 11.8 Å². The zero-order valence-electron chi connectivity index (χ0n) is 9.22. The zero-order chi connectivity index (χ0) is 13.1. The number of halogens is 1. The summed E-state index contributed by atoms with van der Waals surface area (Å²) in [6, 6.07) is 5.21. The minimum absolute atomic E-state index is 0.320. The molecule has 0 unspecified atom stereocenters. The van der Waals surface area contributed by atoms with E-state index in [0.29, 0.717) is 16.2 Å². The Kier molecular flexibility index (Phi) is 3.57. The molecule has 5 nitrogen and oxygen atoms in total. The molecule has 0 saturated heterocycles. The Balaban J connectivity index is 2.67. The Morgan fingerprint density at radius 1 is 1.44 bits per heavy atom. The SMILES string of the molecule is O=c1c([N+](=O)[O-])c[nH]c2ccc(C=CCBr)cc12. The van der Waals surface area contributed by atoms with Gasteiger partial charge in [0.25, 0.3) is 5.43 Å². The highest BCUT2D eigenvalue weighted by atomic mass is 79.9. The molecule has 0 spiro atoms. The number of hydrogen-bond donors (Lipinski definition) is 1. The molecular formula is C12H9BrN2O3. The van der Waals surface area contributed by atoms with Crippen LogP contribution in [0.5, 0.6) is 0 Å². The standard InChI is InChI=1S/C12H9BrN2O3/c13-5-1-2-8-3-4-10-9(6-8)12(16)11(7-14-10)15(17)18/h1-4,6-7H,5H2,(H,14,16). The van der Waals surface area contributed by atoms with Crippen LogP contribution < -0.4 is 5.43 Å². The first-order valence-corrected chi connectivity index (χ1v) is 6.28. The van der Waals surface area contributed by atoms with Crippen molar-refractivity contribution in [2.24, 2.45) is 0 Å². The van der Waals surface area contributed by atoms with Crippen molar-refractivity contribution in [3.05, 3.63) is 56.4 Å². The normalized spacial score (nSPS) is 11.2. The third-order valence-electron chi connectivity index (χ3n) is 2.48. The van der Waals surface area contributed by atoms with E-state index in [1.54, 1.807) is 12.1 Å². The Morgan fingerprint density at radius 2 is 2.22 bits per heavy atom. The van der Waals surface area contributed by atoms with Gasteiger partial charge in [-0.25, -0.2) is 0 Å². The molecule has 1 heterocycles. The van der Waals surface area contributed by atoms with E-state index in [2.05, 4.69) is 20.9 Å². The van der Waals surface area contributed by atoms with Gasteiger partial charge in [-0.15, -0.1) is 0 Å². The number of aromatic amines is 1. The average molecular weight is 309 g/mol. The van der Waals surface area contributed by atoms with Crippen molar-refractivity contribution >= 4 is 38.6 Å². The first-order valence-electron chi connectivity index (χ1n) is 5.16. The molecule has 6 heteroatoms. The lowest BCUT2D eigenvalue weighted by atomic mass is 10.1. The lowest BCUT2D eigenvalue weighted by Crippen LogP contribution is -2.09. The second-order valence-electron chi connectivity index (χ2n) is 3.62. The predicted molar refractivity (Wildman–Crippen MR) is 74.1 cm³/mol. The maximum Gasteiger partial charge on any atom is 0.332 e. The Hall–Kier alpha value is -1.95. The molecule has 1 N–H and O–H groups in total. The number of rotatable bonds is 3. The molecule has 18 heavy (non-hydrogen) atoms. The summed E-state index contributed by atoms with van der Waals surface area (Å²) in [6.07, 6.45) is 4.85. The third-order valence-corrected chi connectivity index (χ3v) is 2.86. The monoisotopic (exact) mass is 308 g/mol. The predicted octanol–water partition coefficient (Wildman–Crippen LogP) is 2.84. The summed E-state index contributed by atoms with van der Waals surface area (Å²) < 4.78 is 0. The highest BCUT2D eigenvalue weighted by Crippen LogP contribution is 2.15. The van der Waals surface area contributed by atoms with Gasteiger partial charge in [0.05, 0.1) is 16.5 Å². The minimum Gasteiger partial charge on any atom is -0.355 e.